The third-order valence-electron chi connectivity index (χ3n) is 4.22. The SMILES string of the molecule is Brc1cccc2c1CC=C2.Brc1cccc2c1C[C@H]1O[C@@H]21.C.C. The first kappa shape index (κ1) is 18.4. The zero-order valence-corrected chi connectivity index (χ0v) is 14.5. The normalized spacial score (nSPS) is 21.0. The third kappa shape index (κ3) is 3.47. The maximum atomic E-state index is 5.41. The molecule has 23 heavy (non-hydrogen) atoms. The molecule has 2 atom stereocenters. The van der Waals surface area contributed by atoms with E-state index in [1.165, 1.54) is 31.2 Å². The summed E-state index contributed by atoms with van der Waals surface area (Å²) in [5, 5.41) is 0. The maximum Gasteiger partial charge on any atom is 0.110 e. The number of halogens is 2. The highest BCUT2D eigenvalue weighted by Gasteiger charge is 2.47. The first-order valence-corrected chi connectivity index (χ1v) is 8.69. The number of hydrogen-bond donors (Lipinski definition) is 0. The number of benzene rings is 2. The molecule has 5 rings (SSSR count). The number of allylic oxidation sites excluding steroid dienone is 1. The Labute approximate surface area is 156 Å². The van der Waals surface area contributed by atoms with Crippen molar-refractivity contribution < 1.29 is 4.74 Å². The van der Waals surface area contributed by atoms with Crippen molar-refractivity contribution in [2.45, 2.75) is 39.9 Å². The summed E-state index contributed by atoms with van der Waals surface area (Å²) in [6.45, 7) is 0. The summed E-state index contributed by atoms with van der Waals surface area (Å²) in [5.41, 5.74) is 5.62. The summed E-state index contributed by atoms with van der Waals surface area (Å²) in [4.78, 5) is 0. The molecule has 1 fully saturated rings. The van der Waals surface area contributed by atoms with Gasteiger partial charge in [-0.25, -0.2) is 0 Å². The van der Waals surface area contributed by atoms with Gasteiger partial charge in [0, 0.05) is 15.4 Å². The molecule has 3 heteroatoms. The van der Waals surface area contributed by atoms with E-state index >= 15 is 0 Å². The van der Waals surface area contributed by atoms with Crippen molar-refractivity contribution in [1.82, 2.24) is 0 Å². The van der Waals surface area contributed by atoms with Crippen LogP contribution >= 0.6 is 31.9 Å². The molecule has 2 aromatic rings. The lowest BCUT2D eigenvalue weighted by atomic mass is 10.1. The fourth-order valence-electron chi connectivity index (χ4n) is 3.08. The van der Waals surface area contributed by atoms with Crippen LogP contribution in [0, 0.1) is 0 Å². The Balaban J connectivity index is 0.000000154. The molecule has 1 saturated heterocycles. The van der Waals surface area contributed by atoms with Crippen LogP contribution in [0.1, 0.15) is 43.2 Å². The molecule has 1 heterocycles. The molecule has 0 spiro atoms. The van der Waals surface area contributed by atoms with Crippen LogP contribution in [-0.4, -0.2) is 6.10 Å². The van der Waals surface area contributed by atoms with Crippen molar-refractivity contribution in [3.05, 3.63) is 73.7 Å². The zero-order valence-electron chi connectivity index (χ0n) is 11.4. The molecule has 0 radical (unpaired) electrons. The lowest BCUT2D eigenvalue weighted by Gasteiger charge is -2.02. The molecular formula is C20H22Br2O. The Morgan fingerprint density at radius 3 is 2.30 bits per heavy atom. The number of epoxide rings is 1. The van der Waals surface area contributed by atoms with Gasteiger partial charge in [-0.05, 0) is 40.8 Å². The van der Waals surface area contributed by atoms with E-state index in [0.717, 1.165) is 12.8 Å². The van der Waals surface area contributed by atoms with E-state index in [1.54, 1.807) is 0 Å². The Bertz CT molecular complexity index is 736. The number of ether oxygens (including phenoxy) is 1. The first-order chi connectivity index (χ1) is 10.2. The van der Waals surface area contributed by atoms with Crippen LogP contribution in [0.25, 0.3) is 6.08 Å². The summed E-state index contributed by atoms with van der Waals surface area (Å²) < 4.78 is 7.89. The second-order valence-corrected chi connectivity index (χ2v) is 7.23. The zero-order chi connectivity index (χ0) is 14.4. The van der Waals surface area contributed by atoms with Gasteiger partial charge in [-0.1, -0.05) is 83.1 Å². The standard InChI is InChI=1S/C9H7BrO.C9H7Br.2CH4/c10-7-3-1-2-5-6(7)4-8-9(5)11-8;10-9-6-2-4-7-3-1-5-8(7)9;;/h1-3,8-9H,4H2;1-4,6H,5H2;2*1H4/t8-,9+;;;/m1.../s1. The van der Waals surface area contributed by atoms with E-state index in [9.17, 15) is 0 Å². The minimum absolute atomic E-state index is 0. The van der Waals surface area contributed by atoms with Gasteiger partial charge in [-0.15, -0.1) is 0 Å². The van der Waals surface area contributed by atoms with E-state index < -0.39 is 0 Å². The summed E-state index contributed by atoms with van der Waals surface area (Å²) in [5.74, 6) is 0. The quantitative estimate of drug-likeness (QED) is 0.416. The molecule has 2 aliphatic carbocycles. The van der Waals surface area contributed by atoms with Gasteiger partial charge < -0.3 is 4.74 Å². The minimum atomic E-state index is 0. The van der Waals surface area contributed by atoms with Crippen LogP contribution in [0.15, 0.2) is 51.4 Å². The summed E-state index contributed by atoms with van der Waals surface area (Å²) in [7, 11) is 0. The Morgan fingerprint density at radius 2 is 1.61 bits per heavy atom. The van der Waals surface area contributed by atoms with E-state index in [-0.39, 0.29) is 14.9 Å². The van der Waals surface area contributed by atoms with Gasteiger partial charge in [0.15, 0.2) is 0 Å². The second kappa shape index (κ2) is 7.33. The molecule has 3 aliphatic rings. The van der Waals surface area contributed by atoms with Gasteiger partial charge in [-0.2, -0.15) is 0 Å². The molecule has 0 N–H and O–H groups in total. The average Bonchev–Trinajstić information content (AvgIpc) is 2.94. The number of hydrogen-bond acceptors (Lipinski definition) is 1. The molecule has 0 aromatic heterocycles. The monoisotopic (exact) mass is 436 g/mol. The van der Waals surface area contributed by atoms with Crippen molar-refractivity contribution in [1.29, 1.82) is 0 Å². The minimum Gasteiger partial charge on any atom is -0.364 e. The fourth-order valence-corrected chi connectivity index (χ4v) is 4.17. The van der Waals surface area contributed by atoms with E-state index in [1.807, 2.05) is 0 Å². The van der Waals surface area contributed by atoms with Crippen molar-refractivity contribution in [3.8, 4) is 0 Å². The van der Waals surface area contributed by atoms with Gasteiger partial charge >= 0.3 is 0 Å². The van der Waals surface area contributed by atoms with Crippen molar-refractivity contribution >= 4 is 37.9 Å². The Hall–Kier alpha value is -0.900. The summed E-state index contributed by atoms with van der Waals surface area (Å²) in [6.07, 6.45) is 7.47. The van der Waals surface area contributed by atoms with Gasteiger partial charge in [-0.3, -0.25) is 0 Å². The van der Waals surface area contributed by atoms with Gasteiger partial charge in [0.25, 0.3) is 0 Å². The smallest absolute Gasteiger partial charge is 0.110 e. The second-order valence-electron chi connectivity index (χ2n) is 5.52. The van der Waals surface area contributed by atoms with Crippen LogP contribution in [0.3, 0.4) is 0 Å². The molecule has 0 unspecified atom stereocenters. The highest BCUT2D eigenvalue weighted by atomic mass is 79.9. The maximum absolute atomic E-state index is 5.41. The predicted molar refractivity (Wildman–Crippen MR) is 106 cm³/mol. The molecule has 0 bridgehead atoms. The fraction of sp³-hybridized carbons (Fsp3) is 0.300. The lowest BCUT2D eigenvalue weighted by Crippen LogP contribution is -1.89. The average molecular weight is 438 g/mol. The van der Waals surface area contributed by atoms with Gasteiger partial charge in [0.05, 0.1) is 6.10 Å². The van der Waals surface area contributed by atoms with Crippen LogP contribution in [0.5, 0.6) is 0 Å². The highest BCUT2D eigenvalue weighted by molar-refractivity contribution is 9.10. The predicted octanol–water partition coefficient (Wildman–Crippen LogP) is 6.74. The third-order valence-corrected chi connectivity index (χ3v) is 5.71. The first-order valence-electron chi connectivity index (χ1n) is 7.11. The lowest BCUT2D eigenvalue weighted by molar-refractivity contribution is 0.360. The van der Waals surface area contributed by atoms with Gasteiger partial charge in [0.1, 0.15) is 6.10 Å². The number of rotatable bonds is 0. The summed E-state index contributed by atoms with van der Waals surface area (Å²) in [6, 6.07) is 12.6. The molecule has 0 amide bonds. The topological polar surface area (TPSA) is 12.5 Å². The molecular weight excluding hydrogens is 416 g/mol. The van der Waals surface area contributed by atoms with Crippen LogP contribution in [0.2, 0.25) is 0 Å². The van der Waals surface area contributed by atoms with Crippen LogP contribution < -0.4 is 0 Å². The molecule has 122 valence electrons. The molecule has 1 aliphatic heterocycles. The van der Waals surface area contributed by atoms with Gasteiger partial charge in [0.2, 0.25) is 0 Å². The number of fused-ring (bicyclic) bond motifs is 4. The van der Waals surface area contributed by atoms with E-state index in [2.05, 4.69) is 80.4 Å². The van der Waals surface area contributed by atoms with Crippen LogP contribution in [0.4, 0.5) is 0 Å². The summed E-state index contributed by atoms with van der Waals surface area (Å²) >= 11 is 7.05. The van der Waals surface area contributed by atoms with E-state index in [0.29, 0.717) is 12.2 Å². The highest BCUT2D eigenvalue weighted by Crippen LogP contribution is 2.50. The van der Waals surface area contributed by atoms with E-state index in [4.69, 9.17) is 4.74 Å². The Morgan fingerprint density at radius 1 is 0.913 bits per heavy atom. The molecule has 0 saturated carbocycles. The largest absolute Gasteiger partial charge is 0.364 e. The van der Waals surface area contributed by atoms with Crippen molar-refractivity contribution in [2.24, 2.45) is 0 Å². The Kier molecular flexibility index (Phi) is 5.88. The van der Waals surface area contributed by atoms with Crippen LogP contribution in [-0.2, 0) is 17.6 Å². The molecule has 2 aromatic carbocycles. The van der Waals surface area contributed by atoms with Crippen molar-refractivity contribution in [2.75, 3.05) is 0 Å². The molecule has 1 nitrogen and oxygen atoms in total. The van der Waals surface area contributed by atoms with Crippen molar-refractivity contribution in [3.63, 3.8) is 0 Å².